The molecule has 1 atom stereocenters. The van der Waals surface area contributed by atoms with Crippen LogP contribution in [-0.2, 0) is 20.7 Å². The van der Waals surface area contributed by atoms with Gasteiger partial charge in [0.2, 0.25) is 5.91 Å². The van der Waals surface area contributed by atoms with Gasteiger partial charge in [-0.2, -0.15) is 0 Å². The lowest BCUT2D eigenvalue weighted by molar-refractivity contribution is -0.148. The molecule has 0 bridgehead atoms. The van der Waals surface area contributed by atoms with Crippen LogP contribution in [0.1, 0.15) is 51.5 Å². The van der Waals surface area contributed by atoms with Crippen molar-refractivity contribution in [3.05, 3.63) is 53.4 Å². The molecule has 5 rings (SSSR count). The van der Waals surface area contributed by atoms with Crippen LogP contribution in [0.25, 0.3) is 10.1 Å². The van der Waals surface area contributed by atoms with Crippen molar-refractivity contribution in [2.75, 3.05) is 55.9 Å². The number of piperazine rings is 1. The van der Waals surface area contributed by atoms with E-state index in [0.29, 0.717) is 19.4 Å². The average molecular weight is 564 g/mol. The predicted molar refractivity (Wildman–Crippen MR) is 162 cm³/mol. The molecular weight excluding hydrogens is 522 g/mol. The third-order valence-electron chi connectivity index (χ3n) is 8.04. The molecule has 1 unspecified atom stereocenters. The Morgan fingerprint density at radius 1 is 1.02 bits per heavy atom. The van der Waals surface area contributed by atoms with E-state index in [9.17, 15) is 9.59 Å². The minimum atomic E-state index is -0.254. The molecule has 7 nitrogen and oxygen atoms in total. The quantitative estimate of drug-likeness (QED) is 0.196. The van der Waals surface area contributed by atoms with Gasteiger partial charge in [0.15, 0.2) is 6.73 Å². The number of rotatable bonds is 12. The van der Waals surface area contributed by atoms with E-state index in [4.69, 9.17) is 9.47 Å². The molecule has 3 heterocycles. The smallest absolute Gasteiger partial charge is 0.310 e. The first-order valence-electron chi connectivity index (χ1n) is 14.7. The van der Waals surface area contributed by atoms with E-state index in [1.54, 1.807) is 4.90 Å². The van der Waals surface area contributed by atoms with Gasteiger partial charge >= 0.3 is 5.97 Å². The predicted octanol–water partition coefficient (Wildman–Crippen LogP) is 6.10. The van der Waals surface area contributed by atoms with Gasteiger partial charge < -0.3 is 14.4 Å². The summed E-state index contributed by atoms with van der Waals surface area (Å²) < 4.78 is 12.9. The Bertz CT molecular complexity index is 1300. The number of carbonyl (C=O) groups excluding carboxylic acids is 2. The Kier molecular flexibility index (Phi) is 9.60. The summed E-state index contributed by atoms with van der Waals surface area (Å²) in [5.74, 6) is 0.312. The molecule has 0 saturated carbocycles. The van der Waals surface area contributed by atoms with Crippen LogP contribution in [0.3, 0.4) is 0 Å². The summed E-state index contributed by atoms with van der Waals surface area (Å²) in [5, 5.41) is 3.55. The molecule has 2 aliphatic rings. The molecule has 1 saturated heterocycles. The highest BCUT2D eigenvalue weighted by atomic mass is 32.1. The highest BCUT2D eigenvalue weighted by molar-refractivity contribution is 7.17. The van der Waals surface area contributed by atoms with Crippen LogP contribution in [0.2, 0.25) is 0 Å². The first-order valence-corrected chi connectivity index (χ1v) is 15.6. The minimum absolute atomic E-state index is 0.0207. The van der Waals surface area contributed by atoms with E-state index in [-0.39, 0.29) is 24.5 Å². The van der Waals surface area contributed by atoms with Crippen LogP contribution in [0, 0.1) is 5.92 Å². The first kappa shape index (κ1) is 28.4. The second-order valence-corrected chi connectivity index (χ2v) is 11.8. The van der Waals surface area contributed by atoms with E-state index in [1.807, 2.05) is 43.4 Å². The number of fused-ring (bicyclic) bond motifs is 2. The molecule has 0 N–H and O–H groups in total. The monoisotopic (exact) mass is 563 g/mol. The third kappa shape index (κ3) is 6.78. The fourth-order valence-corrected chi connectivity index (χ4v) is 6.47. The Hall–Kier alpha value is -3.10. The topological polar surface area (TPSA) is 62.3 Å². The maximum Gasteiger partial charge on any atom is 0.310 e. The van der Waals surface area contributed by atoms with Gasteiger partial charge in [-0.15, -0.1) is 11.3 Å². The van der Waals surface area contributed by atoms with Crippen LogP contribution >= 0.6 is 11.3 Å². The number of hydrogen-bond acceptors (Lipinski definition) is 7. The highest BCUT2D eigenvalue weighted by Crippen LogP contribution is 2.33. The summed E-state index contributed by atoms with van der Waals surface area (Å²) in [5.41, 5.74) is 3.24. The van der Waals surface area contributed by atoms with Crippen molar-refractivity contribution in [3.63, 3.8) is 0 Å². The standard InChI is InChI=1S/C32H41N3O4S/c1-3-7-24(2)32(37)39-23-35-29-22-26(12-10-25(29)11-13-31(35)36)38-20-5-4-15-33-16-18-34(19-17-33)28-8-6-9-30-27(28)14-21-40-30/h6,8-10,12,14,21-22,24H,3-5,7,11,13,15-20,23H2,1-2H3. The summed E-state index contributed by atoms with van der Waals surface area (Å²) in [4.78, 5) is 31.6. The molecule has 40 heavy (non-hydrogen) atoms. The SMILES string of the molecule is CCCC(C)C(=O)OCN1C(=O)CCc2ccc(OCCCCN3CCN(c4cccc5sccc45)CC3)cc21. The summed E-state index contributed by atoms with van der Waals surface area (Å²) in [6.45, 7) is 9.87. The van der Waals surface area contributed by atoms with Gasteiger partial charge in [0.1, 0.15) is 5.75 Å². The number of unbranched alkanes of at least 4 members (excludes halogenated alkanes) is 1. The number of anilines is 2. The van der Waals surface area contributed by atoms with Crippen LogP contribution in [-0.4, -0.2) is 62.8 Å². The lowest BCUT2D eigenvalue weighted by atomic mass is 10.0. The highest BCUT2D eigenvalue weighted by Gasteiger charge is 2.26. The number of amides is 1. The second kappa shape index (κ2) is 13.5. The van der Waals surface area contributed by atoms with Gasteiger partial charge in [-0.3, -0.25) is 19.4 Å². The van der Waals surface area contributed by atoms with E-state index in [1.165, 1.54) is 15.8 Å². The number of nitrogens with zero attached hydrogens (tertiary/aromatic N) is 3. The normalized spacial score (nSPS) is 16.7. The summed E-state index contributed by atoms with van der Waals surface area (Å²) in [7, 11) is 0. The number of esters is 1. The van der Waals surface area contributed by atoms with Crippen molar-refractivity contribution in [2.45, 2.75) is 52.4 Å². The van der Waals surface area contributed by atoms with Gasteiger partial charge in [0.25, 0.3) is 0 Å². The molecule has 0 aliphatic carbocycles. The van der Waals surface area contributed by atoms with Gasteiger partial charge in [-0.05, 0) is 67.4 Å². The van der Waals surface area contributed by atoms with Crippen LogP contribution in [0.15, 0.2) is 47.8 Å². The Morgan fingerprint density at radius 2 is 1.88 bits per heavy atom. The molecule has 1 aromatic heterocycles. The van der Waals surface area contributed by atoms with Gasteiger partial charge in [-0.25, -0.2) is 0 Å². The lowest BCUT2D eigenvalue weighted by Gasteiger charge is -2.36. The van der Waals surface area contributed by atoms with Gasteiger partial charge in [-0.1, -0.05) is 32.4 Å². The molecule has 214 valence electrons. The van der Waals surface area contributed by atoms with Crippen molar-refractivity contribution >= 4 is 44.7 Å². The Balaban J connectivity index is 1.05. The van der Waals surface area contributed by atoms with E-state index in [2.05, 4.69) is 39.4 Å². The summed E-state index contributed by atoms with van der Waals surface area (Å²) >= 11 is 1.81. The Morgan fingerprint density at radius 3 is 2.70 bits per heavy atom. The van der Waals surface area contributed by atoms with Gasteiger partial charge in [0, 0.05) is 54.4 Å². The molecule has 1 amide bonds. The van der Waals surface area contributed by atoms with Crippen molar-refractivity contribution in [2.24, 2.45) is 5.92 Å². The fraction of sp³-hybridized carbons (Fsp3) is 0.500. The zero-order valence-corrected chi connectivity index (χ0v) is 24.6. The van der Waals surface area contributed by atoms with E-state index in [0.717, 1.165) is 75.4 Å². The number of benzene rings is 2. The molecule has 1 fully saturated rings. The fourth-order valence-electron chi connectivity index (χ4n) is 5.66. The maximum absolute atomic E-state index is 12.7. The number of ether oxygens (including phenoxy) is 2. The van der Waals surface area contributed by atoms with Gasteiger partial charge in [0.05, 0.1) is 18.2 Å². The average Bonchev–Trinajstić information content (AvgIpc) is 3.46. The lowest BCUT2D eigenvalue weighted by Crippen LogP contribution is -2.46. The molecule has 0 spiro atoms. The zero-order chi connectivity index (χ0) is 27.9. The largest absolute Gasteiger partial charge is 0.494 e. The third-order valence-corrected chi connectivity index (χ3v) is 8.92. The minimum Gasteiger partial charge on any atom is -0.494 e. The second-order valence-electron chi connectivity index (χ2n) is 10.9. The van der Waals surface area contributed by atoms with Crippen LogP contribution in [0.5, 0.6) is 5.75 Å². The maximum atomic E-state index is 12.7. The molecule has 3 aromatic rings. The van der Waals surface area contributed by atoms with Crippen LogP contribution in [0.4, 0.5) is 11.4 Å². The van der Waals surface area contributed by atoms with Crippen LogP contribution < -0.4 is 14.5 Å². The molecule has 0 radical (unpaired) electrons. The number of hydrogen-bond donors (Lipinski definition) is 0. The number of thiophene rings is 1. The zero-order valence-electron chi connectivity index (χ0n) is 23.8. The molecule has 2 aromatic carbocycles. The van der Waals surface area contributed by atoms with E-state index >= 15 is 0 Å². The van der Waals surface area contributed by atoms with Crippen molar-refractivity contribution in [1.82, 2.24) is 4.90 Å². The molecule has 8 heteroatoms. The number of carbonyl (C=O) groups is 2. The first-order chi connectivity index (χ1) is 19.5. The van der Waals surface area contributed by atoms with Crippen molar-refractivity contribution in [3.8, 4) is 5.75 Å². The Labute approximate surface area is 241 Å². The summed E-state index contributed by atoms with van der Waals surface area (Å²) in [6, 6.07) is 14.8. The summed E-state index contributed by atoms with van der Waals surface area (Å²) in [6.07, 6.45) is 4.88. The molecular formula is C32H41N3O4S. The van der Waals surface area contributed by atoms with Crippen molar-refractivity contribution < 1.29 is 19.1 Å². The van der Waals surface area contributed by atoms with E-state index < -0.39 is 0 Å². The molecule has 2 aliphatic heterocycles. The van der Waals surface area contributed by atoms with Crippen molar-refractivity contribution in [1.29, 1.82) is 0 Å². The number of aryl methyl sites for hydroxylation is 1.